The summed E-state index contributed by atoms with van der Waals surface area (Å²) in [5.74, 6) is 0.111. The fraction of sp³-hybridized carbons (Fsp3) is 0.421. The first-order chi connectivity index (χ1) is 12.0. The van der Waals surface area contributed by atoms with Crippen molar-refractivity contribution in [2.75, 3.05) is 31.9 Å². The molecular formula is C19H22N2O3S. The van der Waals surface area contributed by atoms with Gasteiger partial charge in [-0.3, -0.25) is 4.79 Å². The van der Waals surface area contributed by atoms with Gasteiger partial charge in [-0.1, -0.05) is 24.3 Å². The molecule has 25 heavy (non-hydrogen) atoms. The molecule has 0 saturated carbocycles. The zero-order valence-electron chi connectivity index (χ0n) is 14.4. The van der Waals surface area contributed by atoms with Gasteiger partial charge in [0, 0.05) is 31.7 Å². The van der Waals surface area contributed by atoms with E-state index in [0.717, 1.165) is 23.8 Å². The number of nitrogens with zero attached hydrogens (tertiary/aromatic N) is 2. The maximum atomic E-state index is 13.0. The van der Waals surface area contributed by atoms with Gasteiger partial charge in [-0.05, 0) is 47.7 Å². The molecule has 0 N–H and O–H groups in total. The summed E-state index contributed by atoms with van der Waals surface area (Å²) in [5.41, 5.74) is 3.37. The Balaban J connectivity index is 1.60. The Morgan fingerprint density at radius 2 is 1.68 bits per heavy atom. The van der Waals surface area contributed by atoms with Crippen LogP contribution in [0.2, 0.25) is 0 Å². The molecule has 1 heterocycles. The maximum Gasteiger partial charge on any atom is 0.254 e. The third-order valence-corrected chi connectivity index (χ3v) is 7.27. The van der Waals surface area contributed by atoms with E-state index in [9.17, 15) is 13.2 Å². The largest absolute Gasteiger partial charge is 0.336 e. The molecule has 1 fully saturated rings. The van der Waals surface area contributed by atoms with Gasteiger partial charge in [-0.15, -0.1) is 0 Å². The Labute approximate surface area is 148 Å². The van der Waals surface area contributed by atoms with Crippen LogP contribution < -0.4 is 0 Å². The van der Waals surface area contributed by atoms with E-state index in [4.69, 9.17) is 0 Å². The van der Waals surface area contributed by atoms with Gasteiger partial charge in [0.25, 0.3) is 5.91 Å². The first kappa shape index (κ1) is 16.5. The van der Waals surface area contributed by atoms with Crippen molar-refractivity contribution >= 4 is 26.7 Å². The number of carbonyl (C=O) groups excluding carboxylic acids is 1. The van der Waals surface area contributed by atoms with Crippen LogP contribution >= 0.6 is 0 Å². The first-order valence-electron chi connectivity index (χ1n) is 8.82. The highest BCUT2D eigenvalue weighted by molar-refractivity contribution is 7.89. The van der Waals surface area contributed by atoms with Gasteiger partial charge in [0.2, 0.25) is 10.0 Å². The minimum Gasteiger partial charge on any atom is -0.336 e. The highest BCUT2D eigenvalue weighted by Crippen LogP contribution is 2.33. The lowest BCUT2D eigenvalue weighted by molar-refractivity contribution is 0.0700. The second-order valence-electron chi connectivity index (χ2n) is 6.70. The van der Waals surface area contributed by atoms with Crippen molar-refractivity contribution in [2.24, 2.45) is 0 Å². The van der Waals surface area contributed by atoms with Crippen LogP contribution in [0.3, 0.4) is 0 Å². The molecule has 132 valence electrons. The molecule has 0 spiro atoms. The summed E-state index contributed by atoms with van der Waals surface area (Å²) in [6, 6.07) is 10.2. The van der Waals surface area contributed by atoms with Crippen molar-refractivity contribution in [1.82, 2.24) is 9.21 Å². The Bertz CT molecular complexity index is 934. The Hall–Kier alpha value is -1.92. The quantitative estimate of drug-likeness (QED) is 0.844. The smallest absolute Gasteiger partial charge is 0.254 e. The molecule has 6 heteroatoms. The van der Waals surface area contributed by atoms with Gasteiger partial charge in [-0.2, -0.15) is 4.31 Å². The topological polar surface area (TPSA) is 57.7 Å². The van der Waals surface area contributed by atoms with Crippen LogP contribution in [0.1, 0.15) is 28.4 Å². The van der Waals surface area contributed by atoms with Crippen molar-refractivity contribution in [3.63, 3.8) is 0 Å². The highest BCUT2D eigenvalue weighted by atomic mass is 32.2. The van der Waals surface area contributed by atoms with E-state index in [1.165, 1.54) is 20.8 Å². The second kappa shape index (κ2) is 6.11. The molecule has 2 aromatic carbocycles. The number of rotatable bonds is 3. The molecule has 1 saturated heterocycles. The highest BCUT2D eigenvalue weighted by Gasteiger charge is 2.29. The van der Waals surface area contributed by atoms with E-state index in [1.54, 1.807) is 11.8 Å². The minimum atomic E-state index is -3.18. The molecule has 5 nitrogen and oxygen atoms in total. The van der Waals surface area contributed by atoms with E-state index < -0.39 is 10.0 Å². The average Bonchev–Trinajstić information content (AvgIpc) is 3.07. The van der Waals surface area contributed by atoms with Crippen molar-refractivity contribution in [3.8, 4) is 0 Å². The van der Waals surface area contributed by atoms with Crippen LogP contribution in [0.4, 0.5) is 0 Å². The molecule has 1 aliphatic heterocycles. The molecule has 2 aromatic rings. The fourth-order valence-corrected chi connectivity index (χ4v) is 5.04. The number of carbonyl (C=O) groups is 1. The Kier molecular flexibility index (Phi) is 4.04. The predicted molar refractivity (Wildman–Crippen MR) is 98.3 cm³/mol. The first-order valence-corrected chi connectivity index (χ1v) is 10.4. The average molecular weight is 358 g/mol. The van der Waals surface area contributed by atoms with Crippen molar-refractivity contribution in [3.05, 3.63) is 47.0 Å². The standard InChI is InChI=1S/C19H22N2O3S/c1-2-25(23,24)21-12-10-20(11-13-21)19(22)17-9-8-15-7-6-14-4-3-5-16(17)18(14)15/h3-5,8-9H,2,6-7,10-13H2,1H3. The summed E-state index contributed by atoms with van der Waals surface area (Å²) in [6.45, 7) is 3.30. The second-order valence-corrected chi connectivity index (χ2v) is 8.96. The van der Waals surface area contributed by atoms with E-state index in [2.05, 4.69) is 12.1 Å². The lowest BCUT2D eigenvalue weighted by atomic mass is 9.99. The van der Waals surface area contributed by atoms with Gasteiger partial charge in [0.15, 0.2) is 0 Å². The summed E-state index contributed by atoms with van der Waals surface area (Å²) in [6.07, 6.45) is 2.08. The molecular weight excluding hydrogens is 336 g/mol. The van der Waals surface area contributed by atoms with Crippen LogP contribution in [0.25, 0.3) is 10.8 Å². The molecule has 0 radical (unpaired) electrons. The van der Waals surface area contributed by atoms with Gasteiger partial charge < -0.3 is 4.90 Å². The van der Waals surface area contributed by atoms with Crippen LogP contribution in [0.15, 0.2) is 30.3 Å². The number of sulfonamides is 1. The number of benzene rings is 2. The maximum absolute atomic E-state index is 13.0. The summed E-state index contributed by atoms with van der Waals surface area (Å²) >= 11 is 0. The van der Waals surface area contributed by atoms with Crippen molar-refractivity contribution in [2.45, 2.75) is 19.8 Å². The van der Waals surface area contributed by atoms with E-state index in [-0.39, 0.29) is 11.7 Å². The Morgan fingerprint density at radius 3 is 2.36 bits per heavy atom. The van der Waals surface area contributed by atoms with Crippen LogP contribution in [-0.4, -0.2) is 55.5 Å². The number of piperazine rings is 1. The van der Waals surface area contributed by atoms with Crippen LogP contribution in [0.5, 0.6) is 0 Å². The number of amides is 1. The number of hydrogen-bond acceptors (Lipinski definition) is 3. The molecule has 0 bridgehead atoms. The zero-order chi connectivity index (χ0) is 17.6. The SMILES string of the molecule is CCS(=O)(=O)N1CCN(C(=O)c2ccc3c4c(cccc24)CC3)CC1. The fourth-order valence-electron chi connectivity index (χ4n) is 3.96. The summed E-state index contributed by atoms with van der Waals surface area (Å²) in [5, 5.41) is 2.27. The number of hydrogen-bond donors (Lipinski definition) is 0. The Morgan fingerprint density at radius 1 is 1.00 bits per heavy atom. The lowest BCUT2D eigenvalue weighted by Crippen LogP contribution is -2.50. The van der Waals surface area contributed by atoms with Gasteiger partial charge >= 0.3 is 0 Å². The molecule has 1 aliphatic carbocycles. The predicted octanol–water partition coefficient (Wildman–Crippen LogP) is 2.05. The van der Waals surface area contributed by atoms with Gasteiger partial charge in [0.1, 0.15) is 0 Å². The van der Waals surface area contributed by atoms with Crippen LogP contribution in [-0.2, 0) is 22.9 Å². The monoisotopic (exact) mass is 358 g/mol. The normalized spacial score (nSPS) is 18.0. The van der Waals surface area contributed by atoms with E-state index in [1.807, 2.05) is 18.2 Å². The van der Waals surface area contributed by atoms with Crippen LogP contribution in [0, 0.1) is 0 Å². The molecule has 0 aromatic heterocycles. The van der Waals surface area contributed by atoms with Crippen molar-refractivity contribution < 1.29 is 13.2 Å². The molecule has 1 amide bonds. The lowest BCUT2D eigenvalue weighted by Gasteiger charge is -2.34. The molecule has 2 aliphatic rings. The van der Waals surface area contributed by atoms with E-state index in [0.29, 0.717) is 26.2 Å². The summed E-state index contributed by atoms with van der Waals surface area (Å²) in [4.78, 5) is 14.8. The van der Waals surface area contributed by atoms with E-state index >= 15 is 0 Å². The summed E-state index contributed by atoms with van der Waals surface area (Å²) < 4.78 is 25.5. The molecule has 0 unspecified atom stereocenters. The molecule has 0 atom stereocenters. The van der Waals surface area contributed by atoms with Crippen molar-refractivity contribution in [1.29, 1.82) is 0 Å². The third kappa shape index (κ3) is 2.73. The third-order valence-electron chi connectivity index (χ3n) is 5.39. The minimum absolute atomic E-state index is 0.00384. The zero-order valence-corrected chi connectivity index (χ0v) is 15.2. The van der Waals surface area contributed by atoms with Gasteiger partial charge in [-0.25, -0.2) is 8.42 Å². The summed E-state index contributed by atoms with van der Waals surface area (Å²) in [7, 11) is -3.18. The number of aryl methyl sites for hydroxylation is 2. The van der Waals surface area contributed by atoms with Gasteiger partial charge in [0.05, 0.1) is 5.75 Å². The molecule has 4 rings (SSSR count).